The molecule has 1 heterocycles. The highest BCUT2D eigenvalue weighted by Gasteiger charge is 2.18. The number of pyridine rings is 1. The summed E-state index contributed by atoms with van der Waals surface area (Å²) in [4.78, 5) is 21.7. The fraction of sp³-hybridized carbons (Fsp3) is 0.308. The Morgan fingerprint density at radius 2 is 1.87 bits per heavy atom. The summed E-state index contributed by atoms with van der Waals surface area (Å²) >= 11 is 0. The van der Waals surface area contributed by atoms with Gasteiger partial charge in [0, 0.05) is 44.6 Å². The Labute approximate surface area is 184 Å². The molecule has 0 fully saturated rings. The van der Waals surface area contributed by atoms with Gasteiger partial charge in [0.25, 0.3) is 0 Å². The monoisotopic (exact) mass is 419 g/mol. The van der Waals surface area contributed by atoms with Crippen molar-refractivity contribution in [1.29, 1.82) is 0 Å². The number of aromatic nitrogens is 1. The second kappa shape index (κ2) is 10.2. The van der Waals surface area contributed by atoms with E-state index in [-0.39, 0.29) is 11.7 Å². The summed E-state index contributed by atoms with van der Waals surface area (Å²) in [7, 11) is 3.94. The lowest BCUT2D eigenvalue weighted by Gasteiger charge is -2.26. The molecule has 0 aliphatic heterocycles. The van der Waals surface area contributed by atoms with E-state index in [1.165, 1.54) is 12.1 Å². The minimum Gasteiger partial charge on any atom is -0.362 e. The van der Waals surface area contributed by atoms with Crippen molar-refractivity contribution in [3.05, 3.63) is 83.7 Å². The number of allylic oxidation sites excluding steroid dienone is 1. The summed E-state index contributed by atoms with van der Waals surface area (Å²) < 4.78 is 13.2. The average molecular weight is 420 g/mol. The number of benzene rings is 2. The molecule has 0 aliphatic rings. The molecule has 0 bridgehead atoms. The normalized spacial score (nSPS) is 10.8. The van der Waals surface area contributed by atoms with Crippen molar-refractivity contribution in [2.75, 3.05) is 25.5 Å². The topological polar surface area (TPSA) is 36.4 Å². The van der Waals surface area contributed by atoms with E-state index < -0.39 is 0 Å². The van der Waals surface area contributed by atoms with Crippen molar-refractivity contribution in [3.8, 4) is 0 Å². The number of hydrogen-bond acceptors (Lipinski definition) is 3. The highest BCUT2D eigenvalue weighted by Crippen LogP contribution is 2.25. The number of hydrogen-bond donors (Lipinski definition) is 0. The first-order chi connectivity index (χ1) is 14.9. The zero-order valence-electron chi connectivity index (χ0n) is 18.6. The lowest BCUT2D eigenvalue weighted by atomic mass is 10.1. The molecule has 0 saturated carbocycles. The first kappa shape index (κ1) is 22.5. The molecule has 0 atom stereocenters. The summed E-state index contributed by atoms with van der Waals surface area (Å²) in [5.74, 6) is 0.688. The van der Waals surface area contributed by atoms with E-state index in [2.05, 4.69) is 37.8 Å². The molecule has 0 aliphatic carbocycles. The summed E-state index contributed by atoms with van der Waals surface area (Å²) in [6.07, 6.45) is 3.49. The molecule has 2 aromatic carbocycles. The number of anilines is 1. The number of fused-ring (bicyclic) bond motifs is 1. The number of carbonyl (C=O) groups excluding carboxylic acids is 1. The predicted octanol–water partition coefficient (Wildman–Crippen LogP) is 5.29. The van der Waals surface area contributed by atoms with Crippen LogP contribution in [0.4, 0.5) is 10.2 Å². The fourth-order valence-corrected chi connectivity index (χ4v) is 3.61. The van der Waals surface area contributed by atoms with Crippen LogP contribution in [0.2, 0.25) is 0 Å². The van der Waals surface area contributed by atoms with Crippen molar-refractivity contribution < 1.29 is 9.18 Å². The van der Waals surface area contributed by atoms with E-state index >= 15 is 0 Å². The van der Waals surface area contributed by atoms with E-state index in [0.717, 1.165) is 33.4 Å². The molecule has 0 radical (unpaired) electrons. The van der Waals surface area contributed by atoms with Crippen LogP contribution in [0, 0.1) is 12.7 Å². The Morgan fingerprint density at radius 3 is 2.55 bits per heavy atom. The van der Waals surface area contributed by atoms with Gasteiger partial charge in [-0.2, -0.15) is 0 Å². The standard InChI is InChI=1S/C26H30FN3O/c1-5-6-7-25(31)30(15-14-20-9-12-23(27)13-10-20)18-22-17-21-11-8-19(2)16-24(21)28-26(22)29(3)4/h5,8-13,16-17H,1,6-7,14-15,18H2,2-4H3. The van der Waals surface area contributed by atoms with Gasteiger partial charge < -0.3 is 9.80 Å². The largest absolute Gasteiger partial charge is 0.362 e. The molecule has 4 nitrogen and oxygen atoms in total. The van der Waals surface area contributed by atoms with Gasteiger partial charge in [0.05, 0.1) is 5.52 Å². The lowest BCUT2D eigenvalue weighted by Crippen LogP contribution is -2.33. The van der Waals surface area contributed by atoms with Crippen LogP contribution in [-0.4, -0.2) is 36.4 Å². The average Bonchev–Trinajstić information content (AvgIpc) is 2.75. The van der Waals surface area contributed by atoms with Gasteiger partial charge in [-0.25, -0.2) is 9.37 Å². The molecule has 3 aromatic rings. The Hall–Kier alpha value is -3.21. The van der Waals surface area contributed by atoms with Crippen molar-refractivity contribution in [1.82, 2.24) is 9.88 Å². The van der Waals surface area contributed by atoms with Crippen LogP contribution in [0.5, 0.6) is 0 Å². The maximum atomic E-state index is 13.2. The molecular formula is C26H30FN3O. The third-order valence-electron chi connectivity index (χ3n) is 5.31. The molecular weight excluding hydrogens is 389 g/mol. The van der Waals surface area contributed by atoms with Crippen molar-refractivity contribution >= 4 is 22.6 Å². The van der Waals surface area contributed by atoms with Crippen molar-refractivity contribution in [3.63, 3.8) is 0 Å². The van der Waals surface area contributed by atoms with Gasteiger partial charge in [-0.05, 0) is 55.2 Å². The molecule has 1 aromatic heterocycles. The maximum absolute atomic E-state index is 13.2. The van der Waals surface area contributed by atoms with Gasteiger partial charge in [-0.15, -0.1) is 6.58 Å². The Bertz CT molecular complexity index is 1060. The predicted molar refractivity (Wildman–Crippen MR) is 126 cm³/mol. The van der Waals surface area contributed by atoms with Gasteiger partial charge >= 0.3 is 0 Å². The van der Waals surface area contributed by atoms with Crippen LogP contribution in [0.15, 0.2) is 61.2 Å². The molecule has 1 amide bonds. The number of carbonyl (C=O) groups is 1. The van der Waals surface area contributed by atoms with Crippen molar-refractivity contribution in [2.45, 2.75) is 32.7 Å². The van der Waals surface area contributed by atoms with E-state index in [1.807, 2.05) is 23.9 Å². The number of rotatable bonds is 9. The van der Waals surface area contributed by atoms with E-state index in [0.29, 0.717) is 32.4 Å². The molecule has 162 valence electrons. The van der Waals surface area contributed by atoms with Crippen LogP contribution in [0.25, 0.3) is 10.9 Å². The highest BCUT2D eigenvalue weighted by molar-refractivity contribution is 5.83. The summed E-state index contributed by atoms with van der Waals surface area (Å²) in [5.41, 5.74) is 4.12. The minimum atomic E-state index is -0.254. The summed E-state index contributed by atoms with van der Waals surface area (Å²) in [5, 5.41) is 1.06. The first-order valence-corrected chi connectivity index (χ1v) is 10.6. The first-order valence-electron chi connectivity index (χ1n) is 10.6. The van der Waals surface area contributed by atoms with Gasteiger partial charge in [0.2, 0.25) is 5.91 Å². The minimum absolute atomic E-state index is 0.0794. The zero-order valence-corrected chi connectivity index (χ0v) is 18.6. The molecule has 0 unspecified atom stereocenters. The highest BCUT2D eigenvalue weighted by atomic mass is 19.1. The summed E-state index contributed by atoms with van der Waals surface area (Å²) in [6, 6.07) is 14.8. The third kappa shape index (κ3) is 5.91. The van der Waals surface area contributed by atoms with Crippen LogP contribution >= 0.6 is 0 Å². The molecule has 3 rings (SSSR count). The van der Waals surface area contributed by atoms with Crippen LogP contribution < -0.4 is 4.90 Å². The number of amides is 1. The van der Waals surface area contributed by atoms with E-state index in [9.17, 15) is 9.18 Å². The van der Waals surface area contributed by atoms with Gasteiger partial charge in [-0.3, -0.25) is 4.79 Å². The quantitative estimate of drug-likeness (QED) is 0.443. The molecule has 0 saturated heterocycles. The van der Waals surface area contributed by atoms with Gasteiger partial charge in [0.15, 0.2) is 0 Å². The number of nitrogens with zero attached hydrogens (tertiary/aromatic N) is 3. The van der Waals surface area contributed by atoms with Gasteiger partial charge in [0.1, 0.15) is 11.6 Å². The Morgan fingerprint density at radius 1 is 1.13 bits per heavy atom. The van der Waals surface area contributed by atoms with Crippen LogP contribution in [-0.2, 0) is 17.8 Å². The molecule has 31 heavy (non-hydrogen) atoms. The number of halogens is 1. The van der Waals surface area contributed by atoms with Crippen LogP contribution in [0.1, 0.15) is 29.5 Å². The SMILES string of the molecule is C=CCCC(=O)N(CCc1ccc(F)cc1)Cc1cc2ccc(C)cc2nc1N(C)C. The lowest BCUT2D eigenvalue weighted by molar-refractivity contribution is -0.131. The van der Waals surface area contributed by atoms with Gasteiger partial charge in [-0.1, -0.05) is 30.3 Å². The number of aryl methyl sites for hydroxylation is 1. The Kier molecular flexibility index (Phi) is 7.40. The Balaban J connectivity index is 1.89. The third-order valence-corrected chi connectivity index (χ3v) is 5.31. The molecule has 5 heteroatoms. The molecule has 0 N–H and O–H groups in total. The van der Waals surface area contributed by atoms with Crippen molar-refractivity contribution in [2.24, 2.45) is 0 Å². The zero-order chi connectivity index (χ0) is 22.4. The maximum Gasteiger partial charge on any atom is 0.223 e. The molecule has 0 spiro atoms. The summed E-state index contributed by atoms with van der Waals surface area (Å²) in [6.45, 7) is 6.82. The van der Waals surface area contributed by atoms with E-state index in [1.54, 1.807) is 18.2 Å². The van der Waals surface area contributed by atoms with E-state index in [4.69, 9.17) is 4.98 Å². The smallest absolute Gasteiger partial charge is 0.223 e. The second-order valence-corrected chi connectivity index (χ2v) is 8.08. The fourth-order valence-electron chi connectivity index (χ4n) is 3.61. The van der Waals surface area contributed by atoms with Crippen LogP contribution in [0.3, 0.4) is 0 Å². The second-order valence-electron chi connectivity index (χ2n) is 8.08.